The van der Waals surface area contributed by atoms with Crippen molar-refractivity contribution >= 4 is 24.6 Å². The van der Waals surface area contributed by atoms with Crippen molar-refractivity contribution in [1.29, 1.82) is 0 Å². The van der Waals surface area contributed by atoms with Crippen LogP contribution in [0.4, 0.5) is 4.79 Å². The molecule has 26 heavy (non-hydrogen) atoms. The van der Waals surface area contributed by atoms with E-state index in [4.69, 9.17) is 0 Å². The van der Waals surface area contributed by atoms with Gasteiger partial charge in [-0.25, -0.2) is 4.79 Å². The lowest BCUT2D eigenvalue weighted by Gasteiger charge is -2.34. The quantitative estimate of drug-likeness (QED) is 0.661. The molecule has 0 aromatic carbocycles. The van der Waals surface area contributed by atoms with Crippen molar-refractivity contribution in [1.82, 2.24) is 20.0 Å². The van der Waals surface area contributed by atoms with Gasteiger partial charge in [0.1, 0.15) is 6.04 Å². The van der Waals surface area contributed by atoms with Crippen LogP contribution in [0.25, 0.3) is 0 Å². The maximum absolute atomic E-state index is 12.7. The highest BCUT2D eigenvalue weighted by molar-refractivity contribution is 7.80. The van der Waals surface area contributed by atoms with Crippen molar-refractivity contribution in [3.05, 3.63) is 0 Å². The van der Waals surface area contributed by atoms with Crippen LogP contribution in [0.5, 0.6) is 0 Å². The highest BCUT2D eigenvalue weighted by Crippen LogP contribution is 2.26. The molecule has 2 aliphatic rings. The van der Waals surface area contributed by atoms with Gasteiger partial charge in [-0.1, -0.05) is 32.1 Å². The van der Waals surface area contributed by atoms with Gasteiger partial charge in [0, 0.05) is 45.0 Å². The maximum atomic E-state index is 12.7. The van der Waals surface area contributed by atoms with Crippen molar-refractivity contribution in [3.8, 4) is 0 Å². The van der Waals surface area contributed by atoms with Crippen LogP contribution in [0.3, 0.4) is 0 Å². The van der Waals surface area contributed by atoms with Gasteiger partial charge in [0.15, 0.2) is 0 Å². The zero-order valence-electron chi connectivity index (χ0n) is 16.5. The minimum absolute atomic E-state index is 0.0181. The van der Waals surface area contributed by atoms with Crippen molar-refractivity contribution in [2.24, 2.45) is 5.92 Å². The van der Waals surface area contributed by atoms with Gasteiger partial charge in [0.2, 0.25) is 5.91 Å². The Morgan fingerprint density at radius 3 is 2.38 bits per heavy atom. The molecule has 1 atom stereocenters. The summed E-state index contributed by atoms with van der Waals surface area (Å²) in [5.74, 6) is 1.40. The fourth-order valence-electron chi connectivity index (χ4n) is 3.89. The third-order valence-corrected chi connectivity index (χ3v) is 5.91. The first-order chi connectivity index (χ1) is 12.5. The molecule has 7 heteroatoms. The molecule has 1 saturated heterocycles. The lowest BCUT2D eigenvalue weighted by atomic mass is 9.87. The smallest absolute Gasteiger partial charge is 0.318 e. The fourth-order valence-corrected chi connectivity index (χ4v) is 4.13. The molecular weight excluding hydrogens is 348 g/mol. The monoisotopic (exact) mass is 384 g/mol. The van der Waals surface area contributed by atoms with Gasteiger partial charge in [-0.05, 0) is 26.3 Å². The number of carbonyl (C=O) groups excluding carboxylic acids is 2. The number of amides is 3. The first-order valence-electron chi connectivity index (χ1n) is 10.1. The minimum Gasteiger partial charge on any atom is -0.338 e. The standard InChI is InChI=1S/C19H36N4O2S/c1-16(18(24)22-12-10-21(2)11-13-22)20-19(25)23(14-15-26)9-8-17-6-4-3-5-7-17/h16-17,26H,3-15H2,1-2H3,(H,20,25). The summed E-state index contributed by atoms with van der Waals surface area (Å²) in [6.45, 7) is 6.41. The highest BCUT2D eigenvalue weighted by Gasteiger charge is 2.26. The van der Waals surface area contributed by atoms with E-state index < -0.39 is 6.04 Å². The first kappa shape index (κ1) is 21.4. The number of urea groups is 1. The van der Waals surface area contributed by atoms with Crippen LogP contribution >= 0.6 is 12.6 Å². The van der Waals surface area contributed by atoms with E-state index in [1.54, 1.807) is 6.92 Å². The molecule has 0 aromatic heterocycles. The minimum atomic E-state index is -0.483. The van der Waals surface area contributed by atoms with E-state index in [1.807, 2.05) is 9.80 Å². The number of thiol groups is 1. The van der Waals surface area contributed by atoms with Gasteiger partial charge >= 0.3 is 6.03 Å². The van der Waals surface area contributed by atoms with E-state index in [0.29, 0.717) is 12.3 Å². The molecule has 1 N–H and O–H groups in total. The molecule has 0 spiro atoms. The summed E-state index contributed by atoms with van der Waals surface area (Å²) in [4.78, 5) is 31.1. The number of likely N-dealkylation sites (N-methyl/N-ethyl adjacent to an activating group) is 1. The van der Waals surface area contributed by atoms with Crippen LogP contribution in [0.15, 0.2) is 0 Å². The molecule has 1 unspecified atom stereocenters. The van der Waals surface area contributed by atoms with E-state index in [2.05, 4.69) is 29.9 Å². The van der Waals surface area contributed by atoms with Crippen molar-refractivity contribution in [3.63, 3.8) is 0 Å². The number of piperazine rings is 1. The lowest BCUT2D eigenvalue weighted by molar-refractivity contribution is -0.134. The van der Waals surface area contributed by atoms with Crippen LogP contribution in [-0.2, 0) is 4.79 Å². The summed E-state index contributed by atoms with van der Waals surface area (Å²) in [7, 11) is 2.06. The Morgan fingerprint density at radius 2 is 1.77 bits per heavy atom. The Labute approximate surface area is 164 Å². The van der Waals surface area contributed by atoms with Gasteiger partial charge in [-0.2, -0.15) is 12.6 Å². The molecule has 6 nitrogen and oxygen atoms in total. The average Bonchev–Trinajstić information content (AvgIpc) is 2.65. The zero-order valence-corrected chi connectivity index (χ0v) is 17.3. The van der Waals surface area contributed by atoms with Gasteiger partial charge < -0.3 is 20.0 Å². The van der Waals surface area contributed by atoms with E-state index >= 15 is 0 Å². The molecular formula is C19H36N4O2S. The van der Waals surface area contributed by atoms with E-state index in [9.17, 15) is 9.59 Å². The zero-order chi connectivity index (χ0) is 18.9. The first-order valence-corrected chi connectivity index (χ1v) is 10.8. The Hall–Kier alpha value is -0.950. The summed E-state index contributed by atoms with van der Waals surface area (Å²) < 4.78 is 0. The van der Waals surface area contributed by atoms with E-state index in [1.165, 1.54) is 32.1 Å². The van der Waals surface area contributed by atoms with E-state index in [-0.39, 0.29) is 11.9 Å². The molecule has 2 fully saturated rings. The Kier molecular flexibility index (Phi) is 9.05. The molecule has 0 radical (unpaired) electrons. The number of hydrogen-bond acceptors (Lipinski definition) is 4. The second kappa shape index (κ2) is 11.0. The molecule has 2 rings (SSSR count). The number of hydrogen-bond donors (Lipinski definition) is 2. The Morgan fingerprint density at radius 1 is 1.12 bits per heavy atom. The van der Waals surface area contributed by atoms with Gasteiger partial charge in [0.05, 0.1) is 0 Å². The number of nitrogens with one attached hydrogen (secondary N) is 1. The van der Waals surface area contributed by atoms with Gasteiger partial charge in [-0.15, -0.1) is 0 Å². The fraction of sp³-hybridized carbons (Fsp3) is 0.895. The second-order valence-electron chi connectivity index (χ2n) is 7.80. The number of nitrogens with zero attached hydrogens (tertiary/aromatic N) is 3. The molecule has 3 amide bonds. The number of rotatable bonds is 7. The molecule has 150 valence electrons. The molecule has 1 aliphatic heterocycles. The van der Waals surface area contributed by atoms with Gasteiger partial charge in [0.25, 0.3) is 0 Å². The third kappa shape index (κ3) is 6.65. The van der Waals surface area contributed by atoms with Crippen molar-refractivity contribution in [2.45, 2.75) is 51.5 Å². The summed E-state index contributed by atoms with van der Waals surface area (Å²) in [5.41, 5.74) is 0. The van der Waals surface area contributed by atoms with Crippen molar-refractivity contribution in [2.75, 3.05) is 52.1 Å². The number of carbonyl (C=O) groups is 2. The van der Waals surface area contributed by atoms with Crippen LogP contribution < -0.4 is 5.32 Å². The highest BCUT2D eigenvalue weighted by atomic mass is 32.1. The molecule has 0 aromatic rings. The SMILES string of the molecule is CC(NC(=O)N(CCS)CCC1CCCCC1)C(=O)N1CCN(C)CC1. The predicted molar refractivity (Wildman–Crippen MR) is 109 cm³/mol. The lowest BCUT2D eigenvalue weighted by Crippen LogP contribution is -2.55. The van der Waals surface area contributed by atoms with Crippen molar-refractivity contribution < 1.29 is 9.59 Å². The van der Waals surface area contributed by atoms with Crippen LogP contribution in [0.1, 0.15) is 45.4 Å². The molecule has 0 bridgehead atoms. The second-order valence-corrected chi connectivity index (χ2v) is 8.25. The van der Waals surface area contributed by atoms with Crippen LogP contribution in [-0.4, -0.2) is 84.7 Å². The summed E-state index contributed by atoms with van der Waals surface area (Å²) in [6, 6.07) is -0.618. The van der Waals surface area contributed by atoms with Crippen LogP contribution in [0.2, 0.25) is 0 Å². The Bertz CT molecular complexity index is 449. The molecule has 1 heterocycles. The molecule has 1 saturated carbocycles. The summed E-state index contributed by atoms with van der Waals surface area (Å²) in [6.07, 6.45) is 7.62. The normalized spacial score (nSPS) is 20.7. The topological polar surface area (TPSA) is 55.9 Å². The summed E-state index contributed by atoms with van der Waals surface area (Å²) >= 11 is 4.30. The molecule has 1 aliphatic carbocycles. The Balaban J connectivity index is 1.80. The third-order valence-electron chi connectivity index (χ3n) is 5.71. The van der Waals surface area contributed by atoms with Gasteiger partial charge in [-0.3, -0.25) is 4.79 Å². The summed E-state index contributed by atoms with van der Waals surface area (Å²) in [5, 5.41) is 2.91. The average molecular weight is 385 g/mol. The predicted octanol–water partition coefficient (Wildman–Crippen LogP) is 2.06. The maximum Gasteiger partial charge on any atom is 0.318 e. The largest absolute Gasteiger partial charge is 0.338 e. The van der Waals surface area contributed by atoms with Crippen LogP contribution in [0, 0.1) is 5.92 Å². The van der Waals surface area contributed by atoms with E-state index in [0.717, 1.165) is 45.1 Å².